The lowest BCUT2D eigenvalue weighted by atomic mass is 9.63. The number of aliphatic carboxylic acids is 1. The first kappa shape index (κ1) is 11.5. The molecule has 1 heterocycles. The highest BCUT2D eigenvalue weighted by atomic mass is 35.5. The molecule has 14 heavy (non-hydrogen) atoms. The summed E-state index contributed by atoms with van der Waals surface area (Å²) in [6.07, 6.45) is 5.72. The summed E-state index contributed by atoms with van der Waals surface area (Å²) in [5.74, 6) is -0.619. The maximum absolute atomic E-state index is 11.1. The topological polar surface area (TPSA) is 49.3 Å². The van der Waals surface area contributed by atoms with E-state index in [4.69, 9.17) is 0 Å². The van der Waals surface area contributed by atoms with Crippen LogP contribution in [0.3, 0.4) is 0 Å². The van der Waals surface area contributed by atoms with Crippen LogP contribution < -0.4 is 5.32 Å². The highest BCUT2D eigenvalue weighted by Gasteiger charge is 2.47. The summed E-state index contributed by atoms with van der Waals surface area (Å²) in [5.41, 5.74) is 0.687. The molecule has 0 unspecified atom stereocenters. The van der Waals surface area contributed by atoms with E-state index in [1.807, 2.05) is 0 Å². The van der Waals surface area contributed by atoms with Crippen molar-refractivity contribution in [3.63, 3.8) is 0 Å². The molecule has 0 atom stereocenters. The minimum absolute atomic E-state index is 0. The molecule has 80 valence electrons. The molecule has 0 spiro atoms. The second kappa shape index (κ2) is 4.32. The average Bonchev–Trinajstić information content (AvgIpc) is 2.03. The Morgan fingerprint density at radius 3 is 2.57 bits per heavy atom. The molecule has 0 amide bonds. The molecule has 0 aromatic heterocycles. The van der Waals surface area contributed by atoms with Crippen LogP contribution in [0.15, 0.2) is 11.6 Å². The van der Waals surface area contributed by atoms with Gasteiger partial charge in [0.15, 0.2) is 0 Å². The van der Waals surface area contributed by atoms with Gasteiger partial charge >= 0.3 is 5.97 Å². The van der Waals surface area contributed by atoms with E-state index in [1.165, 1.54) is 0 Å². The highest BCUT2D eigenvalue weighted by Crippen LogP contribution is 2.48. The van der Waals surface area contributed by atoms with Crippen LogP contribution in [0.2, 0.25) is 0 Å². The van der Waals surface area contributed by atoms with Gasteiger partial charge in [-0.2, -0.15) is 0 Å². The predicted molar refractivity (Wildman–Crippen MR) is 56.7 cm³/mol. The zero-order valence-corrected chi connectivity index (χ0v) is 8.90. The molecular formula is C10H16ClNO2. The fourth-order valence-corrected chi connectivity index (χ4v) is 2.26. The van der Waals surface area contributed by atoms with Crippen LogP contribution in [0.5, 0.6) is 0 Å². The second-order valence-electron chi connectivity index (χ2n) is 3.92. The normalized spacial score (nSPS) is 24.1. The highest BCUT2D eigenvalue weighted by molar-refractivity contribution is 5.85. The van der Waals surface area contributed by atoms with Gasteiger partial charge in [-0.3, -0.25) is 4.79 Å². The summed E-state index contributed by atoms with van der Waals surface area (Å²) < 4.78 is 0. The Morgan fingerprint density at radius 1 is 1.50 bits per heavy atom. The van der Waals surface area contributed by atoms with E-state index in [0.29, 0.717) is 0 Å². The molecule has 3 nitrogen and oxygen atoms in total. The number of hydrogen-bond acceptors (Lipinski definition) is 2. The predicted octanol–water partition coefficient (Wildman–Crippen LogP) is 1.58. The van der Waals surface area contributed by atoms with Crippen molar-refractivity contribution >= 4 is 18.4 Å². The maximum Gasteiger partial charge on any atom is 0.313 e. The molecule has 0 radical (unpaired) electrons. The van der Waals surface area contributed by atoms with Crippen LogP contribution in [0.1, 0.15) is 25.7 Å². The van der Waals surface area contributed by atoms with Gasteiger partial charge in [0.25, 0.3) is 0 Å². The lowest BCUT2D eigenvalue weighted by Gasteiger charge is -2.41. The fraction of sp³-hybridized carbons (Fsp3) is 0.700. The largest absolute Gasteiger partial charge is 0.481 e. The number of carbonyl (C=O) groups is 1. The van der Waals surface area contributed by atoms with Crippen LogP contribution in [0.25, 0.3) is 0 Å². The zero-order chi connectivity index (χ0) is 9.31. The molecule has 0 bridgehead atoms. The summed E-state index contributed by atoms with van der Waals surface area (Å²) in [6, 6.07) is 0. The van der Waals surface area contributed by atoms with Gasteiger partial charge in [0.1, 0.15) is 0 Å². The average molecular weight is 218 g/mol. The Labute approximate surface area is 90.0 Å². The maximum atomic E-state index is 11.1. The van der Waals surface area contributed by atoms with Gasteiger partial charge in [-0.1, -0.05) is 18.1 Å². The third kappa shape index (κ3) is 1.66. The Kier molecular flexibility index (Phi) is 3.56. The minimum atomic E-state index is -0.619. The van der Waals surface area contributed by atoms with Crippen LogP contribution in [0.4, 0.5) is 0 Å². The van der Waals surface area contributed by atoms with Crippen molar-refractivity contribution in [3.8, 4) is 0 Å². The van der Waals surface area contributed by atoms with E-state index in [0.717, 1.165) is 44.3 Å². The van der Waals surface area contributed by atoms with Crippen molar-refractivity contribution in [3.05, 3.63) is 11.6 Å². The monoisotopic (exact) mass is 217 g/mol. The van der Waals surface area contributed by atoms with Gasteiger partial charge in [0, 0.05) is 6.54 Å². The summed E-state index contributed by atoms with van der Waals surface area (Å²) in [5, 5.41) is 12.4. The van der Waals surface area contributed by atoms with Crippen LogP contribution in [0, 0.1) is 5.41 Å². The molecule has 0 saturated heterocycles. The number of carboxylic acid groups (broad SMARTS) is 1. The van der Waals surface area contributed by atoms with Crippen LogP contribution in [-0.4, -0.2) is 24.2 Å². The molecule has 1 saturated carbocycles. The van der Waals surface area contributed by atoms with Crippen molar-refractivity contribution in [1.82, 2.24) is 5.32 Å². The number of halogens is 1. The standard InChI is InChI=1S/C10H15NO2.ClH/c12-9(13)10(4-1-5-10)8-2-6-11-7-3-8;/h2,11H,1,3-7H2,(H,12,13);1H. The van der Waals surface area contributed by atoms with E-state index in [2.05, 4.69) is 11.4 Å². The van der Waals surface area contributed by atoms with E-state index >= 15 is 0 Å². The second-order valence-corrected chi connectivity index (χ2v) is 3.92. The molecule has 1 aliphatic carbocycles. The van der Waals surface area contributed by atoms with Gasteiger partial charge in [-0.05, 0) is 25.8 Å². The van der Waals surface area contributed by atoms with Gasteiger partial charge in [0.05, 0.1) is 5.41 Å². The first-order valence-corrected chi connectivity index (χ1v) is 4.89. The Balaban J connectivity index is 0.000000980. The van der Waals surface area contributed by atoms with E-state index in [1.54, 1.807) is 0 Å². The SMILES string of the molecule is Cl.O=C(O)C1(C2=CCNCC2)CCC1. The summed E-state index contributed by atoms with van der Waals surface area (Å²) in [4.78, 5) is 11.1. The Morgan fingerprint density at radius 2 is 2.21 bits per heavy atom. The summed E-state index contributed by atoms with van der Waals surface area (Å²) in [6.45, 7) is 1.77. The van der Waals surface area contributed by atoms with E-state index in [9.17, 15) is 9.90 Å². The lowest BCUT2D eigenvalue weighted by Crippen LogP contribution is -2.42. The molecule has 1 fully saturated rings. The van der Waals surface area contributed by atoms with E-state index in [-0.39, 0.29) is 12.4 Å². The van der Waals surface area contributed by atoms with Gasteiger partial charge in [0.2, 0.25) is 0 Å². The lowest BCUT2D eigenvalue weighted by molar-refractivity contribution is -0.151. The molecule has 1 aliphatic heterocycles. The fourth-order valence-electron chi connectivity index (χ4n) is 2.26. The molecule has 4 heteroatoms. The molecule has 2 aliphatic rings. The minimum Gasteiger partial charge on any atom is -0.481 e. The third-order valence-electron chi connectivity index (χ3n) is 3.30. The molecule has 0 aromatic carbocycles. The number of rotatable bonds is 2. The van der Waals surface area contributed by atoms with E-state index < -0.39 is 11.4 Å². The first-order chi connectivity index (χ1) is 6.26. The smallest absolute Gasteiger partial charge is 0.313 e. The third-order valence-corrected chi connectivity index (χ3v) is 3.30. The number of nitrogens with one attached hydrogen (secondary N) is 1. The molecule has 0 aromatic rings. The molecule has 2 rings (SSSR count). The number of hydrogen-bond donors (Lipinski definition) is 2. The number of carboxylic acids is 1. The molecule has 2 N–H and O–H groups in total. The summed E-state index contributed by atoms with van der Waals surface area (Å²) in [7, 11) is 0. The Bertz CT molecular complexity index is 259. The van der Waals surface area contributed by atoms with Gasteiger partial charge < -0.3 is 10.4 Å². The van der Waals surface area contributed by atoms with Crippen LogP contribution >= 0.6 is 12.4 Å². The van der Waals surface area contributed by atoms with Crippen molar-refractivity contribution in [2.45, 2.75) is 25.7 Å². The van der Waals surface area contributed by atoms with Crippen molar-refractivity contribution in [2.75, 3.05) is 13.1 Å². The first-order valence-electron chi connectivity index (χ1n) is 4.89. The van der Waals surface area contributed by atoms with Crippen molar-refractivity contribution < 1.29 is 9.90 Å². The summed E-state index contributed by atoms with van der Waals surface area (Å²) >= 11 is 0. The van der Waals surface area contributed by atoms with Gasteiger partial charge in [-0.25, -0.2) is 0 Å². The van der Waals surface area contributed by atoms with Crippen LogP contribution in [-0.2, 0) is 4.79 Å². The van der Waals surface area contributed by atoms with Crippen molar-refractivity contribution in [1.29, 1.82) is 0 Å². The zero-order valence-electron chi connectivity index (χ0n) is 8.08. The quantitative estimate of drug-likeness (QED) is 0.691. The van der Waals surface area contributed by atoms with Crippen molar-refractivity contribution in [2.24, 2.45) is 5.41 Å². The molecular weight excluding hydrogens is 202 g/mol. The van der Waals surface area contributed by atoms with Gasteiger partial charge in [-0.15, -0.1) is 12.4 Å². The Hall–Kier alpha value is -0.540.